The number of carbonyl (C=O) groups excluding carboxylic acids is 2. The number of halogens is 4. The van der Waals surface area contributed by atoms with Gasteiger partial charge in [-0.05, 0) is 30.9 Å². The summed E-state index contributed by atoms with van der Waals surface area (Å²) in [6.07, 6.45) is -4.00. The monoisotopic (exact) mass is 484 g/mol. The van der Waals surface area contributed by atoms with Crippen LogP contribution in [0, 0.1) is 11.7 Å². The van der Waals surface area contributed by atoms with Crippen molar-refractivity contribution < 1.29 is 37.1 Å². The van der Waals surface area contributed by atoms with Crippen molar-refractivity contribution in [2.45, 2.75) is 43.9 Å². The first-order valence-electron chi connectivity index (χ1n) is 10.2. The van der Waals surface area contributed by atoms with E-state index in [1.807, 2.05) is 6.92 Å². The Morgan fingerprint density at radius 2 is 1.94 bits per heavy atom. The Labute approximate surface area is 189 Å². The fraction of sp³-hybridized carbons (Fsp3) is 0.450. The second kappa shape index (κ2) is 7.67. The van der Waals surface area contributed by atoms with Crippen molar-refractivity contribution in [1.82, 2.24) is 19.7 Å². The number of nitrogens with two attached hydrogens (primary N) is 1. The zero-order valence-electron chi connectivity index (χ0n) is 18.0. The molecule has 2 saturated heterocycles. The molecule has 1 saturated carbocycles. The number of nitrogens with zero attached hydrogens (tertiary/aromatic N) is 4. The minimum Gasteiger partial charge on any atom is -0.479 e. The second-order valence-corrected chi connectivity index (χ2v) is 8.66. The molecule has 3 amide bonds. The molecule has 182 valence electrons. The quantitative estimate of drug-likeness (QED) is 0.569. The second-order valence-electron chi connectivity index (χ2n) is 8.66. The third-order valence-corrected chi connectivity index (χ3v) is 6.26. The summed E-state index contributed by atoms with van der Waals surface area (Å²) in [5.41, 5.74) is 0.942. The number of anilines is 1. The number of hydrogen-bond donors (Lipinski definition) is 3. The number of carboxylic acid groups (broad SMARTS) is 1. The number of fused-ring (bicyclic) bond motifs is 2. The molecular weight excluding hydrogens is 464 g/mol. The van der Waals surface area contributed by atoms with Gasteiger partial charge in [0.1, 0.15) is 11.4 Å². The van der Waals surface area contributed by atoms with Crippen LogP contribution in [-0.4, -0.2) is 54.3 Å². The number of piperidine rings is 1. The Balaban J connectivity index is 1.73. The van der Waals surface area contributed by atoms with Gasteiger partial charge in [-0.3, -0.25) is 4.79 Å². The van der Waals surface area contributed by atoms with Crippen LogP contribution in [0.2, 0.25) is 0 Å². The van der Waals surface area contributed by atoms with Crippen LogP contribution in [-0.2, 0) is 18.0 Å². The van der Waals surface area contributed by atoms with Crippen LogP contribution < -0.4 is 11.1 Å². The predicted molar refractivity (Wildman–Crippen MR) is 108 cm³/mol. The van der Waals surface area contributed by atoms with E-state index in [4.69, 9.17) is 5.73 Å². The van der Waals surface area contributed by atoms with Crippen LogP contribution in [0.4, 0.5) is 28.0 Å². The molecule has 1 aromatic heterocycles. The number of carboxylic acids is 1. The third-order valence-electron chi connectivity index (χ3n) is 6.26. The topological polar surface area (TPSA) is 143 Å². The maximum absolute atomic E-state index is 14.7. The van der Waals surface area contributed by atoms with E-state index in [-0.39, 0.29) is 30.9 Å². The van der Waals surface area contributed by atoms with Crippen LogP contribution in [0.3, 0.4) is 0 Å². The smallest absolute Gasteiger partial charge is 0.417 e. The molecule has 14 heteroatoms. The molecule has 34 heavy (non-hydrogen) atoms. The predicted octanol–water partition coefficient (Wildman–Crippen LogP) is 2.60. The highest BCUT2D eigenvalue weighted by Crippen LogP contribution is 2.50. The van der Waals surface area contributed by atoms with Crippen LogP contribution >= 0.6 is 0 Å². The molecule has 3 fully saturated rings. The Morgan fingerprint density at radius 3 is 2.50 bits per heavy atom. The SMILES string of the molecule is CC1CC2CC(C(=O)O)(C1)N2C(=O)Nc1cc(-c2nc(C(N)=O)n(C)n2)c(C(F)(F)F)cc1F. The normalized spacial score (nSPS) is 23.9. The number of primary amides is 1. The van der Waals surface area contributed by atoms with Gasteiger partial charge in [0.15, 0.2) is 5.82 Å². The fourth-order valence-corrected chi connectivity index (χ4v) is 4.93. The van der Waals surface area contributed by atoms with E-state index >= 15 is 0 Å². The van der Waals surface area contributed by atoms with Gasteiger partial charge in [0.25, 0.3) is 5.91 Å². The molecule has 10 nitrogen and oxygen atoms in total. The number of aromatic nitrogens is 3. The van der Waals surface area contributed by atoms with Gasteiger partial charge in [-0.2, -0.15) is 18.3 Å². The maximum Gasteiger partial charge on any atom is 0.417 e. The number of carbonyl (C=O) groups is 3. The Morgan fingerprint density at radius 1 is 1.26 bits per heavy atom. The van der Waals surface area contributed by atoms with Gasteiger partial charge in [-0.1, -0.05) is 6.92 Å². The fourth-order valence-electron chi connectivity index (χ4n) is 4.93. The highest BCUT2D eigenvalue weighted by Gasteiger charge is 2.63. The lowest BCUT2D eigenvalue weighted by Crippen LogP contribution is -2.75. The molecule has 3 unspecified atom stereocenters. The van der Waals surface area contributed by atoms with Gasteiger partial charge in [-0.25, -0.2) is 23.6 Å². The van der Waals surface area contributed by atoms with Gasteiger partial charge in [-0.15, -0.1) is 0 Å². The highest BCUT2D eigenvalue weighted by atomic mass is 19.4. The van der Waals surface area contributed by atoms with E-state index < -0.39 is 63.9 Å². The zero-order valence-corrected chi connectivity index (χ0v) is 18.0. The molecule has 2 aromatic rings. The first-order chi connectivity index (χ1) is 15.7. The highest BCUT2D eigenvalue weighted by molar-refractivity contribution is 5.97. The van der Waals surface area contributed by atoms with Crippen molar-refractivity contribution in [3.63, 3.8) is 0 Å². The number of urea groups is 1. The molecular formula is C20H20F4N6O4. The van der Waals surface area contributed by atoms with E-state index in [1.165, 1.54) is 7.05 Å². The maximum atomic E-state index is 14.7. The van der Waals surface area contributed by atoms with Gasteiger partial charge in [0, 0.05) is 25.1 Å². The average Bonchev–Trinajstić information content (AvgIpc) is 3.09. The number of benzene rings is 1. The number of aryl methyl sites for hydroxylation is 1. The van der Waals surface area contributed by atoms with Crippen LogP contribution in [0.1, 0.15) is 42.4 Å². The van der Waals surface area contributed by atoms with Crippen LogP contribution in [0.15, 0.2) is 12.1 Å². The molecule has 3 heterocycles. The molecule has 4 N–H and O–H groups in total. The third kappa shape index (κ3) is 3.62. The van der Waals surface area contributed by atoms with E-state index in [1.54, 1.807) is 0 Å². The summed E-state index contributed by atoms with van der Waals surface area (Å²) in [7, 11) is 1.24. The summed E-state index contributed by atoms with van der Waals surface area (Å²) in [5.74, 6) is -4.56. The van der Waals surface area contributed by atoms with Crippen molar-refractivity contribution >= 4 is 23.6 Å². The Kier molecular flexibility index (Phi) is 5.29. The van der Waals surface area contributed by atoms with E-state index in [2.05, 4.69) is 15.4 Å². The lowest BCUT2D eigenvalue weighted by atomic mass is 9.64. The van der Waals surface area contributed by atoms with Gasteiger partial charge in [0.2, 0.25) is 5.82 Å². The molecule has 2 aliphatic heterocycles. The first-order valence-corrected chi connectivity index (χ1v) is 10.2. The summed E-state index contributed by atoms with van der Waals surface area (Å²) in [5, 5.41) is 15.7. The van der Waals surface area contributed by atoms with Crippen LogP contribution in [0.25, 0.3) is 11.4 Å². The lowest BCUT2D eigenvalue weighted by Gasteiger charge is -2.60. The van der Waals surface area contributed by atoms with Gasteiger partial charge < -0.3 is 21.1 Å². The summed E-state index contributed by atoms with van der Waals surface area (Å²) in [6.45, 7) is 1.86. The number of hydrogen-bond acceptors (Lipinski definition) is 5. The van der Waals surface area contributed by atoms with Crippen molar-refractivity contribution in [2.24, 2.45) is 18.7 Å². The molecule has 5 rings (SSSR count). The molecule has 1 aromatic carbocycles. The molecule has 2 bridgehead atoms. The number of amides is 3. The summed E-state index contributed by atoms with van der Waals surface area (Å²) < 4.78 is 56.4. The van der Waals surface area contributed by atoms with E-state index in [0.717, 1.165) is 9.58 Å². The lowest BCUT2D eigenvalue weighted by molar-refractivity contribution is -0.173. The van der Waals surface area contributed by atoms with Crippen molar-refractivity contribution in [2.75, 3.05) is 5.32 Å². The van der Waals surface area contributed by atoms with Crippen LogP contribution in [0.5, 0.6) is 0 Å². The molecule has 0 radical (unpaired) electrons. The van der Waals surface area contributed by atoms with Crippen molar-refractivity contribution in [3.05, 3.63) is 29.3 Å². The van der Waals surface area contributed by atoms with Crippen molar-refractivity contribution in [1.29, 1.82) is 0 Å². The molecule has 3 aliphatic rings. The zero-order chi connectivity index (χ0) is 25.2. The van der Waals surface area contributed by atoms with E-state index in [9.17, 15) is 37.1 Å². The molecule has 0 spiro atoms. The average molecular weight is 484 g/mol. The summed E-state index contributed by atoms with van der Waals surface area (Å²) in [6, 6.07) is -0.451. The number of nitrogens with one attached hydrogen (secondary N) is 1. The Hall–Kier alpha value is -3.71. The van der Waals surface area contributed by atoms with Gasteiger partial charge in [0.05, 0.1) is 11.3 Å². The molecule has 3 atom stereocenters. The number of aliphatic carboxylic acids is 1. The standard InChI is InChI=1S/C20H20F4N6O4/c1-8-3-9-7-19(6-8,17(32)33)30(9)18(34)26-13-4-10(11(5-12(13)21)20(22,23)24)15-27-16(14(25)31)29(2)28-15/h4-5,8-9H,3,6-7H2,1-2H3,(H2,25,31)(H,26,34)(H,32,33). The van der Waals surface area contributed by atoms with E-state index in [0.29, 0.717) is 12.5 Å². The molecule has 1 aliphatic carbocycles. The number of rotatable bonds is 4. The summed E-state index contributed by atoms with van der Waals surface area (Å²) in [4.78, 5) is 41.1. The van der Waals surface area contributed by atoms with Crippen molar-refractivity contribution in [3.8, 4) is 11.4 Å². The summed E-state index contributed by atoms with van der Waals surface area (Å²) >= 11 is 0. The minimum atomic E-state index is -5.01. The Bertz CT molecular complexity index is 1210. The largest absolute Gasteiger partial charge is 0.479 e. The minimum absolute atomic E-state index is 0.0583. The van der Waals surface area contributed by atoms with Gasteiger partial charge >= 0.3 is 18.2 Å². The number of alkyl halides is 3. The first kappa shape index (κ1) is 23.4.